The highest BCUT2D eigenvalue weighted by Crippen LogP contribution is 2.18. The highest BCUT2D eigenvalue weighted by molar-refractivity contribution is 5.81. The smallest absolute Gasteiger partial charge is 0.221 e. The van der Waals surface area contributed by atoms with E-state index in [2.05, 4.69) is 34.4 Å². The van der Waals surface area contributed by atoms with Crippen molar-refractivity contribution in [2.45, 2.75) is 6.92 Å². The maximum Gasteiger partial charge on any atom is 0.221 e. The molecule has 0 saturated heterocycles. The van der Waals surface area contributed by atoms with Gasteiger partial charge in [0.05, 0.1) is 18.1 Å². The lowest BCUT2D eigenvalue weighted by Gasteiger charge is -2.01. The van der Waals surface area contributed by atoms with Crippen molar-refractivity contribution in [3.63, 3.8) is 0 Å². The molecule has 0 aliphatic rings. The fraction of sp³-hybridized carbons (Fsp3) is 0.0588. The molecule has 0 amide bonds. The Balaban J connectivity index is 1.80. The van der Waals surface area contributed by atoms with Gasteiger partial charge in [-0.2, -0.15) is 5.10 Å². The van der Waals surface area contributed by atoms with Crippen LogP contribution in [0.2, 0.25) is 0 Å². The van der Waals surface area contributed by atoms with Crippen LogP contribution in [0, 0.1) is 6.92 Å². The number of nitrogen functional groups attached to an aromatic ring is 1. The van der Waals surface area contributed by atoms with E-state index < -0.39 is 0 Å². The molecule has 3 aromatic rings. The van der Waals surface area contributed by atoms with Crippen LogP contribution >= 0.6 is 0 Å². The lowest BCUT2D eigenvalue weighted by Crippen LogP contribution is -1.96. The SMILES string of the molecule is Cc1cn(N=Cc2ccc(-c3ccccc3)cc2)c(N)n1. The minimum absolute atomic E-state index is 0.393. The van der Waals surface area contributed by atoms with Gasteiger partial charge in [-0.15, -0.1) is 0 Å². The number of benzene rings is 2. The van der Waals surface area contributed by atoms with E-state index in [0.717, 1.165) is 11.3 Å². The number of rotatable bonds is 3. The molecule has 0 unspecified atom stereocenters. The summed E-state index contributed by atoms with van der Waals surface area (Å²) in [6.07, 6.45) is 3.57. The van der Waals surface area contributed by atoms with Gasteiger partial charge in [0.1, 0.15) is 0 Å². The summed E-state index contributed by atoms with van der Waals surface area (Å²) in [5, 5.41) is 4.30. The van der Waals surface area contributed by atoms with Gasteiger partial charge in [0.2, 0.25) is 5.95 Å². The van der Waals surface area contributed by atoms with Crippen molar-refractivity contribution in [2.75, 3.05) is 5.73 Å². The summed E-state index contributed by atoms with van der Waals surface area (Å²) in [4.78, 5) is 4.10. The van der Waals surface area contributed by atoms with Crippen LogP contribution in [-0.2, 0) is 0 Å². The predicted molar refractivity (Wildman–Crippen MR) is 86.2 cm³/mol. The van der Waals surface area contributed by atoms with Crippen LogP contribution in [0.5, 0.6) is 0 Å². The summed E-state index contributed by atoms with van der Waals surface area (Å²) in [5.74, 6) is 0.393. The number of aryl methyl sites for hydroxylation is 1. The average Bonchev–Trinajstić information content (AvgIpc) is 2.84. The average molecular weight is 276 g/mol. The van der Waals surface area contributed by atoms with Gasteiger partial charge in [-0.25, -0.2) is 9.66 Å². The summed E-state index contributed by atoms with van der Waals surface area (Å²) in [5.41, 5.74) is 10.00. The van der Waals surface area contributed by atoms with Crippen molar-refractivity contribution >= 4 is 12.2 Å². The minimum Gasteiger partial charge on any atom is -0.368 e. The summed E-state index contributed by atoms with van der Waals surface area (Å²) in [7, 11) is 0. The lowest BCUT2D eigenvalue weighted by atomic mass is 10.0. The molecule has 0 fully saturated rings. The fourth-order valence-electron chi connectivity index (χ4n) is 2.12. The van der Waals surface area contributed by atoms with Gasteiger partial charge >= 0.3 is 0 Å². The molecule has 1 aromatic heterocycles. The van der Waals surface area contributed by atoms with Crippen molar-refractivity contribution in [1.82, 2.24) is 9.66 Å². The van der Waals surface area contributed by atoms with Gasteiger partial charge in [-0.1, -0.05) is 54.6 Å². The Morgan fingerprint density at radius 3 is 2.29 bits per heavy atom. The molecular formula is C17H16N4. The molecule has 0 aliphatic heterocycles. The van der Waals surface area contributed by atoms with E-state index in [1.807, 2.05) is 37.3 Å². The zero-order valence-electron chi connectivity index (χ0n) is 11.8. The quantitative estimate of drug-likeness (QED) is 0.746. The van der Waals surface area contributed by atoms with Crippen LogP contribution in [0.25, 0.3) is 11.1 Å². The Morgan fingerprint density at radius 1 is 1.00 bits per heavy atom. The maximum absolute atomic E-state index is 5.74. The third kappa shape index (κ3) is 3.00. The molecule has 0 bridgehead atoms. The first-order valence-electron chi connectivity index (χ1n) is 6.74. The van der Waals surface area contributed by atoms with Gasteiger partial charge in [0, 0.05) is 0 Å². The first-order valence-corrected chi connectivity index (χ1v) is 6.74. The molecule has 4 heteroatoms. The van der Waals surface area contributed by atoms with E-state index in [9.17, 15) is 0 Å². The van der Waals surface area contributed by atoms with Crippen LogP contribution in [0.1, 0.15) is 11.3 Å². The standard InChI is InChI=1S/C17H16N4/c1-13-12-21(17(18)20-13)19-11-14-7-9-16(10-8-14)15-5-3-2-4-6-15/h2-12H,1H3,(H2,18,20). The van der Waals surface area contributed by atoms with Gasteiger partial charge in [-0.05, 0) is 23.6 Å². The van der Waals surface area contributed by atoms with Gasteiger partial charge < -0.3 is 5.73 Å². The topological polar surface area (TPSA) is 56.2 Å². The molecule has 0 saturated carbocycles. The monoisotopic (exact) mass is 276 g/mol. The Morgan fingerprint density at radius 2 is 1.67 bits per heavy atom. The maximum atomic E-state index is 5.74. The van der Waals surface area contributed by atoms with Crippen molar-refractivity contribution in [1.29, 1.82) is 0 Å². The second-order valence-electron chi connectivity index (χ2n) is 4.82. The number of nitrogens with two attached hydrogens (primary N) is 1. The van der Waals surface area contributed by atoms with Gasteiger partial charge in [0.15, 0.2) is 0 Å². The van der Waals surface area contributed by atoms with E-state index in [0.29, 0.717) is 5.95 Å². The Kier molecular flexibility index (Phi) is 3.51. The van der Waals surface area contributed by atoms with Crippen LogP contribution in [0.3, 0.4) is 0 Å². The molecule has 2 aromatic carbocycles. The van der Waals surface area contributed by atoms with Crippen molar-refractivity contribution in [3.8, 4) is 11.1 Å². The summed E-state index contributed by atoms with van der Waals surface area (Å²) >= 11 is 0. The van der Waals surface area contributed by atoms with Crippen molar-refractivity contribution in [2.24, 2.45) is 5.10 Å². The lowest BCUT2D eigenvalue weighted by molar-refractivity contribution is 0.897. The molecular weight excluding hydrogens is 260 g/mol. The largest absolute Gasteiger partial charge is 0.368 e. The number of nitrogens with zero attached hydrogens (tertiary/aromatic N) is 3. The second kappa shape index (κ2) is 5.63. The number of hydrogen-bond acceptors (Lipinski definition) is 3. The first-order chi connectivity index (χ1) is 10.2. The van der Waals surface area contributed by atoms with Gasteiger partial charge in [0.25, 0.3) is 0 Å². The molecule has 4 nitrogen and oxygen atoms in total. The van der Waals surface area contributed by atoms with Crippen LogP contribution < -0.4 is 5.73 Å². The summed E-state index contributed by atoms with van der Waals surface area (Å²) in [6, 6.07) is 18.5. The summed E-state index contributed by atoms with van der Waals surface area (Å²) in [6.45, 7) is 1.89. The van der Waals surface area contributed by atoms with E-state index in [4.69, 9.17) is 5.73 Å². The van der Waals surface area contributed by atoms with E-state index in [1.165, 1.54) is 11.1 Å². The Bertz CT molecular complexity index is 755. The minimum atomic E-state index is 0.393. The van der Waals surface area contributed by atoms with Gasteiger partial charge in [-0.3, -0.25) is 0 Å². The summed E-state index contributed by atoms with van der Waals surface area (Å²) < 4.78 is 1.57. The highest BCUT2D eigenvalue weighted by Gasteiger charge is 1.99. The molecule has 0 radical (unpaired) electrons. The zero-order chi connectivity index (χ0) is 14.7. The van der Waals surface area contributed by atoms with Crippen molar-refractivity contribution in [3.05, 3.63) is 72.1 Å². The first kappa shape index (κ1) is 13.1. The Labute approximate surface area is 123 Å². The Hall–Kier alpha value is -2.88. The third-order valence-corrected chi connectivity index (χ3v) is 3.18. The molecule has 21 heavy (non-hydrogen) atoms. The van der Waals surface area contributed by atoms with Crippen LogP contribution in [-0.4, -0.2) is 15.9 Å². The predicted octanol–water partition coefficient (Wildman–Crippen LogP) is 3.32. The molecule has 3 rings (SSSR count). The molecule has 0 spiro atoms. The number of imidazole rings is 1. The van der Waals surface area contributed by atoms with Crippen LogP contribution in [0.4, 0.5) is 5.95 Å². The molecule has 0 aliphatic carbocycles. The van der Waals surface area contributed by atoms with E-state index in [1.54, 1.807) is 17.1 Å². The molecule has 1 heterocycles. The normalized spacial score (nSPS) is 11.1. The van der Waals surface area contributed by atoms with E-state index >= 15 is 0 Å². The fourth-order valence-corrected chi connectivity index (χ4v) is 2.12. The zero-order valence-corrected chi connectivity index (χ0v) is 11.8. The third-order valence-electron chi connectivity index (χ3n) is 3.18. The highest BCUT2D eigenvalue weighted by atomic mass is 15.4. The molecule has 0 atom stereocenters. The number of anilines is 1. The van der Waals surface area contributed by atoms with E-state index in [-0.39, 0.29) is 0 Å². The molecule has 2 N–H and O–H groups in total. The van der Waals surface area contributed by atoms with Crippen LogP contribution in [0.15, 0.2) is 65.9 Å². The molecule has 104 valence electrons. The second-order valence-corrected chi connectivity index (χ2v) is 4.82. The number of aromatic nitrogens is 2. The number of hydrogen-bond donors (Lipinski definition) is 1. The van der Waals surface area contributed by atoms with Crippen molar-refractivity contribution < 1.29 is 0 Å².